The molecule has 14 heavy (non-hydrogen) atoms. The molecule has 0 aromatic carbocycles. The minimum atomic E-state index is -4.03. The second kappa shape index (κ2) is 3.75. The van der Waals surface area contributed by atoms with Gasteiger partial charge < -0.3 is 4.18 Å². The third kappa shape index (κ3) is 2.53. The van der Waals surface area contributed by atoms with Gasteiger partial charge in [-0.25, -0.2) is 0 Å². The fraction of sp³-hybridized carbons (Fsp3) is 0.250. The Balaban J connectivity index is 2.91. The number of allylic oxidation sites excluding steroid dienone is 3. The van der Waals surface area contributed by atoms with Gasteiger partial charge >= 0.3 is 16.1 Å². The molecule has 0 unspecified atom stereocenters. The molecule has 0 heterocycles. The second-order valence-electron chi connectivity index (χ2n) is 2.64. The molecule has 1 rings (SSSR count). The maximum atomic E-state index is 11.2. The number of carbonyl (C=O) groups excluding carboxylic acids is 2. The highest BCUT2D eigenvalue weighted by atomic mass is 32.2. The maximum absolute atomic E-state index is 11.2. The fourth-order valence-corrected chi connectivity index (χ4v) is 1.83. The fourth-order valence-electron chi connectivity index (χ4n) is 0.900. The first-order valence-corrected chi connectivity index (χ1v) is 5.19. The van der Waals surface area contributed by atoms with Crippen molar-refractivity contribution >= 4 is 21.9 Å². The molecule has 0 amide bonds. The van der Waals surface area contributed by atoms with Crippen molar-refractivity contribution in [2.45, 2.75) is 13.3 Å². The van der Waals surface area contributed by atoms with Crippen LogP contribution in [0.5, 0.6) is 0 Å². The van der Waals surface area contributed by atoms with Gasteiger partial charge in [-0.2, -0.15) is 8.42 Å². The van der Waals surface area contributed by atoms with Crippen molar-refractivity contribution in [1.29, 1.82) is 0 Å². The van der Waals surface area contributed by atoms with Crippen molar-refractivity contribution in [3.8, 4) is 0 Å². The molecule has 0 bridgehead atoms. The summed E-state index contributed by atoms with van der Waals surface area (Å²) in [5.41, 5.74) is 0. The van der Waals surface area contributed by atoms with Crippen LogP contribution in [0.25, 0.3) is 0 Å². The average Bonchev–Trinajstić information content (AvgIpc) is 2.02. The number of hydrogen-bond donors (Lipinski definition) is 0. The second-order valence-corrected chi connectivity index (χ2v) is 4.19. The average molecular weight is 216 g/mol. The van der Waals surface area contributed by atoms with Crippen LogP contribution in [-0.2, 0) is 23.9 Å². The van der Waals surface area contributed by atoms with Crippen LogP contribution in [0.15, 0.2) is 23.1 Å². The van der Waals surface area contributed by atoms with Crippen LogP contribution in [0.1, 0.15) is 13.3 Å². The molecular formula is C8H8O5S. The molecule has 0 atom stereocenters. The van der Waals surface area contributed by atoms with Crippen molar-refractivity contribution < 1.29 is 22.2 Å². The lowest BCUT2D eigenvalue weighted by Crippen LogP contribution is -2.13. The largest absolute Gasteiger partial charge is 0.343 e. The van der Waals surface area contributed by atoms with E-state index in [1.54, 1.807) is 0 Å². The summed E-state index contributed by atoms with van der Waals surface area (Å²) < 4.78 is 26.6. The third-order valence-electron chi connectivity index (χ3n) is 1.45. The summed E-state index contributed by atoms with van der Waals surface area (Å²) >= 11 is 0. The first kappa shape index (κ1) is 10.6. The van der Waals surface area contributed by atoms with Gasteiger partial charge in [-0.15, -0.1) is 0 Å². The lowest BCUT2D eigenvalue weighted by molar-refractivity contribution is -0.131. The van der Waals surface area contributed by atoms with E-state index in [1.165, 1.54) is 6.08 Å². The monoisotopic (exact) mass is 216 g/mol. The zero-order valence-electron chi connectivity index (χ0n) is 7.39. The molecule has 0 spiro atoms. The summed E-state index contributed by atoms with van der Waals surface area (Å²) in [7, 11) is -4.03. The Morgan fingerprint density at radius 2 is 2.07 bits per heavy atom. The van der Waals surface area contributed by atoms with Crippen LogP contribution >= 0.6 is 0 Å². The third-order valence-corrected chi connectivity index (χ3v) is 2.79. The summed E-state index contributed by atoms with van der Waals surface area (Å²) in [5.74, 6) is -1.09. The Labute approximate surface area is 81.2 Å². The lowest BCUT2D eigenvalue weighted by Gasteiger charge is -2.06. The smallest absolute Gasteiger partial charge is 0.341 e. The molecule has 0 aliphatic heterocycles. The number of ketones is 1. The first-order chi connectivity index (χ1) is 6.42. The summed E-state index contributed by atoms with van der Waals surface area (Å²) in [6, 6.07) is 0. The molecule has 76 valence electrons. The summed E-state index contributed by atoms with van der Waals surface area (Å²) in [6.07, 6.45) is 3.47. The topological polar surface area (TPSA) is 77.5 Å². The standard InChI is InChI=1S/C8H8O5S/c1-6(9)13-14(11,12)8-4-2-7(10)3-5-8/h2,4-5H,3H2,1H3. The molecule has 0 fully saturated rings. The van der Waals surface area contributed by atoms with E-state index in [4.69, 9.17) is 0 Å². The van der Waals surface area contributed by atoms with Crippen LogP contribution in [0, 0.1) is 0 Å². The predicted octanol–water partition coefficient (Wildman–Crippen LogP) is 0.292. The molecule has 0 saturated carbocycles. The quantitative estimate of drug-likeness (QED) is 0.620. The van der Waals surface area contributed by atoms with Gasteiger partial charge in [0.2, 0.25) is 0 Å². The van der Waals surface area contributed by atoms with Gasteiger partial charge in [0, 0.05) is 13.3 Å². The van der Waals surface area contributed by atoms with Crippen LogP contribution in [-0.4, -0.2) is 20.2 Å². The van der Waals surface area contributed by atoms with E-state index in [9.17, 15) is 18.0 Å². The van der Waals surface area contributed by atoms with Crippen molar-refractivity contribution in [1.82, 2.24) is 0 Å². The Morgan fingerprint density at radius 1 is 1.43 bits per heavy atom. The molecule has 1 aliphatic carbocycles. The van der Waals surface area contributed by atoms with E-state index in [0.717, 1.165) is 19.1 Å². The van der Waals surface area contributed by atoms with Gasteiger partial charge in [-0.1, -0.05) is 6.08 Å². The molecule has 0 radical (unpaired) electrons. The van der Waals surface area contributed by atoms with E-state index in [1.807, 2.05) is 0 Å². The van der Waals surface area contributed by atoms with Crippen LogP contribution in [0.3, 0.4) is 0 Å². The maximum Gasteiger partial charge on any atom is 0.341 e. The number of carbonyl (C=O) groups is 2. The van der Waals surface area contributed by atoms with Crippen LogP contribution in [0.4, 0.5) is 0 Å². The molecule has 5 nitrogen and oxygen atoms in total. The van der Waals surface area contributed by atoms with Gasteiger partial charge in [0.15, 0.2) is 5.78 Å². The Hall–Kier alpha value is -1.43. The molecule has 6 heteroatoms. The summed E-state index contributed by atoms with van der Waals surface area (Å²) in [6.45, 7) is 0.996. The van der Waals surface area contributed by atoms with Crippen molar-refractivity contribution in [2.75, 3.05) is 0 Å². The van der Waals surface area contributed by atoms with Crippen LogP contribution < -0.4 is 0 Å². The van der Waals surface area contributed by atoms with Gasteiger partial charge in [0.1, 0.15) is 4.91 Å². The minimum Gasteiger partial charge on any atom is -0.343 e. The zero-order valence-corrected chi connectivity index (χ0v) is 8.21. The predicted molar refractivity (Wildman–Crippen MR) is 47.5 cm³/mol. The van der Waals surface area contributed by atoms with E-state index < -0.39 is 16.1 Å². The highest BCUT2D eigenvalue weighted by Gasteiger charge is 2.21. The Bertz CT molecular complexity index is 427. The van der Waals surface area contributed by atoms with E-state index in [0.29, 0.717) is 0 Å². The lowest BCUT2D eigenvalue weighted by atomic mass is 10.2. The van der Waals surface area contributed by atoms with E-state index >= 15 is 0 Å². The Morgan fingerprint density at radius 3 is 2.50 bits per heavy atom. The molecule has 1 aliphatic rings. The zero-order chi connectivity index (χ0) is 10.8. The highest BCUT2D eigenvalue weighted by molar-refractivity contribution is 7.91. The van der Waals surface area contributed by atoms with Gasteiger partial charge in [-0.05, 0) is 12.2 Å². The van der Waals surface area contributed by atoms with E-state index in [-0.39, 0.29) is 17.1 Å². The summed E-state index contributed by atoms with van der Waals surface area (Å²) in [4.78, 5) is 21.0. The van der Waals surface area contributed by atoms with Crippen molar-refractivity contribution in [3.05, 3.63) is 23.1 Å². The number of hydrogen-bond acceptors (Lipinski definition) is 5. The van der Waals surface area contributed by atoms with E-state index in [2.05, 4.69) is 4.18 Å². The molecule has 0 N–H and O–H groups in total. The van der Waals surface area contributed by atoms with Crippen molar-refractivity contribution in [2.24, 2.45) is 0 Å². The normalized spacial score (nSPS) is 16.4. The SMILES string of the molecule is CC(=O)OS(=O)(=O)C1=CCC(=O)C=C1. The summed E-state index contributed by atoms with van der Waals surface area (Å²) in [5, 5.41) is 0. The Kier molecular flexibility index (Phi) is 2.85. The number of rotatable bonds is 2. The first-order valence-electron chi connectivity index (χ1n) is 3.78. The minimum absolute atomic E-state index is 0.00628. The van der Waals surface area contributed by atoms with Gasteiger partial charge in [-0.3, -0.25) is 9.59 Å². The highest BCUT2D eigenvalue weighted by Crippen LogP contribution is 2.15. The molecule has 0 saturated heterocycles. The van der Waals surface area contributed by atoms with Crippen molar-refractivity contribution in [3.63, 3.8) is 0 Å². The molecule has 0 aromatic heterocycles. The van der Waals surface area contributed by atoms with Crippen LogP contribution in [0.2, 0.25) is 0 Å². The molecular weight excluding hydrogens is 208 g/mol. The molecule has 0 aromatic rings. The van der Waals surface area contributed by atoms with Gasteiger partial charge in [0.05, 0.1) is 0 Å². The van der Waals surface area contributed by atoms with Gasteiger partial charge in [0.25, 0.3) is 0 Å².